The second-order valence-electron chi connectivity index (χ2n) is 5.98. The zero-order valence-corrected chi connectivity index (χ0v) is 14.5. The van der Waals surface area contributed by atoms with Crippen LogP contribution in [0.25, 0.3) is 0 Å². The molecular formula is C14H29ClN2O3S. The van der Waals surface area contributed by atoms with Gasteiger partial charge in [0.15, 0.2) is 0 Å². The third-order valence-electron chi connectivity index (χ3n) is 3.93. The summed E-state index contributed by atoms with van der Waals surface area (Å²) < 4.78 is 22.1. The average molecular weight is 341 g/mol. The number of carbonyl (C=O) groups excluding carboxylic acids is 1. The Balaban J connectivity index is 0.00000400. The number of rotatable bonds is 6. The standard InChI is InChI=1S/C14H28N2O3S.ClH/c1-20(18,19)10-9-13(15)14(17)16-11-12-7-5-3-2-4-6-8-12;/h12-13H,2-11,15H2,1H3,(H,16,17);1H. The maximum atomic E-state index is 11.8. The Kier molecular flexibility index (Phi) is 10.2. The minimum atomic E-state index is -3.06. The van der Waals surface area contributed by atoms with Crippen molar-refractivity contribution >= 4 is 28.2 Å². The van der Waals surface area contributed by atoms with Gasteiger partial charge < -0.3 is 11.1 Å². The molecule has 0 heterocycles. The van der Waals surface area contributed by atoms with E-state index in [9.17, 15) is 13.2 Å². The molecule has 0 spiro atoms. The molecule has 0 aromatic carbocycles. The zero-order chi connectivity index (χ0) is 15.0. The van der Waals surface area contributed by atoms with Crippen LogP contribution in [0.4, 0.5) is 0 Å². The number of hydrogen-bond acceptors (Lipinski definition) is 4. The lowest BCUT2D eigenvalue weighted by Gasteiger charge is -2.21. The van der Waals surface area contributed by atoms with E-state index in [4.69, 9.17) is 5.73 Å². The highest BCUT2D eigenvalue weighted by Gasteiger charge is 2.18. The van der Waals surface area contributed by atoms with E-state index in [0.717, 1.165) is 6.26 Å². The predicted octanol–water partition coefficient (Wildman–Crippen LogP) is 1.65. The van der Waals surface area contributed by atoms with Crippen LogP contribution in [0.15, 0.2) is 0 Å². The third kappa shape index (κ3) is 10.1. The molecule has 1 saturated carbocycles. The molecular weight excluding hydrogens is 312 g/mol. The Labute approximate surface area is 134 Å². The fourth-order valence-corrected chi connectivity index (χ4v) is 3.28. The Morgan fingerprint density at radius 2 is 1.71 bits per heavy atom. The van der Waals surface area contributed by atoms with Gasteiger partial charge in [-0.3, -0.25) is 4.79 Å². The molecule has 126 valence electrons. The van der Waals surface area contributed by atoms with Crippen molar-refractivity contribution in [1.82, 2.24) is 5.32 Å². The van der Waals surface area contributed by atoms with Crippen molar-refractivity contribution in [2.24, 2.45) is 11.7 Å². The Morgan fingerprint density at radius 1 is 1.19 bits per heavy atom. The van der Waals surface area contributed by atoms with E-state index >= 15 is 0 Å². The smallest absolute Gasteiger partial charge is 0.236 e. The largest absolute Gasteiger partial charge is 0.354 e. The maximum absolute atomic E-state index is 11.8. The Bertz CT molecular complexity index is 393. The van der Waals surface area contributed by atoms with Crippen LogP contribution >= 0.6 is 12.4 Å². The van der Waals surface area contributed by atoms with E-state index in [2.05, 4.69) is 5.32 Å². The first-order valence-electron chi connectivity index (χ1n) is 7.59. The monoisotopic (exact) mass is 340 g/mol. The summed E-state index contributed by atoms with van der Waals surface area (Å²) in [6.45, 7) is 0.672. The van der Waals surface area contributed by atoms with Gasteiger partial charge in [0.25, 0.3) is 0 Å². The second kappa shape index (κ2) is 10.4. The van der Waals surface area contributed by atoms with Crippen molar-refractivity contribution in [3.8, 4) is 0 Å². The van der Waals surface area contributed by atoms with Gasteiger partial charge >= 0.3 is 0 Å². The predicted molar refractivity (Wildman–Crippen MR) is 88.4 cm³/mol. The van der Waals surface area contributed by atoms with Gasteiger partial charge in [-0.2, -0.15) is 0 Å². The summed E-state index contributed by atoms with van der Waals surface area (Å²) in [5, 5.41) is 2.88. The van der Waals surface area contributed by atoms with E-state index in [1.807, 2.05) is 0 Å². The molecule has 0 aromatic rings. The zero-order valence-electron chi connectivity index (χ0n) is 12.8. The van der Waals surface area contributed by atoms with Gasteiger partial charge in [0, 0.05) is 12.8 Å². The summed E-state index contributed by atoms with van der Waals surface area (Å²) in [6, 6.07) is -0.724. The van der Waals surface area contributed by atoms with Crippen LogP contribution in [0.1, 0.15) is 51.4 Å². The highest BCUT2D eigenvalue weighted by atomic mass is 35.5. The molecule has 1 aliphatic carbocycles. The molecule has 3 N–H and O–H groups in total. The third-order valence-corrected chi connectivity index (χ3v) is 4.90. The second-order valence-corrected chi connectivity index (χ2v) is 8.24. The fraction of sp³-hybridized carbons (Fsp3) is 0.929. The molecule has 1 rings (SSSR count). The molecule has 0 bridgehead atoms. The number of hydrogen-bond donors (Lipinski definition) is 2. The first kappa shape index (κ1) is 20.7. The molecule has 0 saturated heterocycles. The number of halogens is 1. The quantitative estimate of drug-likeness (QED) is 0.769. The van der Waals surface area contributed by atoms with Crippen molar-refractivity contribution in [3.63, 3.8) is 0 Å². The van der Waals surface area contributed by atoms with Gasteiger partial charge in [0.1, 0.15) is 9.84 Å². The van der Waals surface area contributed by atoms with Gasteiger partial charge in [-0.1, -0.05) is 32.1 Å². The van der Waals surface area contributed by atoms with Crippen molar-refractivity contribution in [2.45, 2.75) is 57.4 Å². The first-order chi connectivity index (χ1) is 9.38. The molecule has 1 unspecified atom stereocenters. The van der Waals surface area contributed by atoms with Crippen LogP contribution in [0, 0.1) is 5.92 Å². The summed E-state index contributed by atoms with van der Waals surface area (Å²) >= 11 is 0. The van der Waals surface area contributed by atoms with Gasteiger partial charge in [0.05, 0.1) is 11.8 Å². The van der Waals surface area contributed by atoms with E-state index in [1.165, 1.54) is 44.9 Å². The number of nitrogens with two attached hydrogens (primary N) is 1. The average Bonchev–Trinajstić information content (AvgIpc) is 2.33. The normalized spacial score (nSPS) is 19.0. The van der Waals surface area contributed by atoms with E-state index in [1.54, 1.807) is 0 Å². The van der Waals surface area contributed by atoms with Gasteiger partial charge in [-0.25, -0.2) is 8.42 Å². The fourth-order valence-electron chi connectivity index (χ4n) is 2.59. The van der Waals surface area contributed by atoms with Crippen LogP contribution < -0.4 is 11.1 Å². The lowest BCUT2D eigenvalue weighted by atomic mass is 9.91. The topological polar surface area (TPSA) is 89.3 Å². The number of carbonyl (C=O) groups is 1. The molecule has 1 aliphatic rings. The molecule has 1 fully saturated rings. The molecule has 1 atom stereocenters. The van der Waals surface area contributed by atoms with Crippen LogP contribution in [-0.4, -0.2) is 38.9 Å². The van der Waals surface area contributed by atoms with Gasteiger partial charge in [-0.15, -0.1) is 12.4 Å². The Morgan fingerprint density at radius 3 is 2.24 bits per heavy atom. The molecule has 1 amide bonds. The van der Waals surface area contributed by atoms with E-state index in [-0.39, 0.29) is 30.5 Å². The number of amides is 1. The van der Waals surface area contributed by atoms with E-state index in [0.29, 0.717) is 12.5 Å². The highest BCUT2D eigenvalue weighted by molar-refractivity contribution is 7.90. The number of sulfone groups is 1. The van der Waals surface area contributed by atoms with Crippen LogP contribution in [0.5, 0.6) is 0 Å². The van der Waals surface area contributed by atoms with Crippen LogP contribution in [-0.2, 0) is 14.6 Å². The summed E-state index contributed by atoms with van der Waals surface area (Å²) in [6.07, 6.45) is 10.1. The van der Waals surface area contributed by atoms with Gasteiger partial charge in [-0.05, 0) is 25.2 Å². The molecule has 0 radical (unpaired) electrons. The van der Waals surface area contributed by atoms with Crippen molar-refractivity contribution in [1.29, 1.82) is 0 Å². The summed E-state index contributed by atoms with van der Waals surface area (Å²) in [5.74, 6) is 0.280. The van der Waals surface area contributed by atoms with Gasteiger partial charge in [0.2, 0.25) is 5.91 Å². The molecule has 21 heavy (non-hydrogen) atoms. The van der Waals surface area contributed by atoms with Crippen molar-refractivity contribution in [3.05, 3.63) is 0 Å². The summed E-state index contributed by atoms with van der Waals surface area (Å²) in [7, 11) is -3.06. The van der Waals surface area contributed by atoms with Crippen LogP contribution in [0.3, 0.4) is 0 Å². The SMILES string of the molecule is CS(=O)(=O)CCC(N)C(=O)NCC1CCCCCCC1.Cl. The van der Waals surface area contributed by atoms with Crippen molar-refractivity contribution < 1.29 is 13.2 Å². The summed E-state index contributed by atoms with van der Waals surface area (Å²) in [5.41, 5.74) is 5.72. The maximum Gasteiger partial charge on any atom is 0.236 e. The van der Waals surface area contributed by atoms with Crippen LogP contribution in [0.2, 0.25) is 0 Å². The number of nitrogens with one attached hydrogen (secondary N) is 1. The highest BCUT2D eigenvalue weighted by Crippen LogP contribution is 2.21. The molecule has 0 aromatic heterocycles. The molecule has 7 heteroatoms. The molecule has 0 aliphatic heterocycles. The van der Waals surface area contributed by atoms with E-state index < -0.39 is 15.9 Å². The lowest BCUT2D eigenvalue weighted by Crippen LogP contribution is -2.43. The lowest BCUT2D eigenvalue weighted by molar-refractivity contribution is -0.122. The first-order valence-corrected chi connectivity index (χ1v) is 9.65. The Hall–Kier alpha value is -0.330. The molecule has 5 nitrogen and oxygen atoms in total. The minimum Gasteiger partial charge on any atom is -0.354 e. The van der Waals surface area contributed by atoms with Crippen molar-refractivity contribution in [2.75, 3.05) is 18.6 Å². The summed E-state index contributed by atoms with van der Waals surface area (Å²) in [4.78, 5) is 11.8. The minimum absolute atomic E-state index is 0.